The van der Waals surface area contributed by atoms with Crippen LogP contribution < -0.4 is 0 Å². The van der Waals surface area contributed by atoms with Gasteiger partial charge in [0.2, 0.25) is 0 Å². The molecular formula is C16H14F4S2. The molecule has 6 heteroatoms. The Balaban J connectivity index is 2.40. The Hall–Kier alpha value is -1.14. The third kappa shape index (κ3) is 3.13. The zero-order valence-corrected chi connectivity index (χ0v) is 14.1. The van der Waals surface area contributed by atoms with Crippen molar-refractivity contribution < 1.29 is 17.6 Å². The van der Waals surface area contributed by atoms with Gasteiger partial charge in [-0.2, -0.15) is 0 Å². The van der Waals surface area contributed by atoms with Crippen LogP contribution in [0.2, 0.25) is 0 Å². The van der Waals surface area contributed by atoms with Gasteiger partial charge in [0.05, 0.1) is 4.90 Å². The Bertz CT molecular complexity index is 626. The van der Waals surface area contributed by atoms with Crippen molar-refractivity contribution in [3.8, 4) is 0 Å². The molecule has 0 aromatic heterocycles. The van der Waals surface area contributed by atoms with Gasteiger partial charge >= 0.3 is 0 Å². The molecule has 0 unspecified atom stereocenters. The van der Waals surface area contributed by atoms with E-state index in [9.17, 15) is 17.6 Å². The van der Waals surface area contributed by atoms with Gasteiger partial charge in [0.25, 0.3) is 0 Å². The van der Waals surface area contributed by atoms with Crippen molar-refractivity contribution in [2.75, 3.05) is 0 Å². The minimum atomic E-state index is -1.39. The molecule has 0 aliphatic heterocycles. The molecule has 2 rings (SSSR count). The molecule has 0 saturated heterocycles. The smallest absolute Gasteiger partial charge is 0.176 e. The first kappa shape index (κ1) is 17.2. The molecule has 0 heterocycles. The summed E-state index contributed by atoms with van der Waals surface area (Å²) < 4.78 is 53.8. The summed E-state index contributed by atoms with van der Waals surface area (Å²) in [7, 11) is 1.79. The highest BCUT2D eigenvalue weighted by Crippen LogP contribution is 2.44. The van der Waals surface area contributed by atoms with Crippen molar-refractivity contribution in [2.45, 2.75) is 37.5 Å². The Morgan fingerprint density at radius 3 is 1.50 bits per heavy atom. The van der Waals surface area contributed by atoms with Gasteiger partial charge < -0.3 is 0 Å². The molecule has 0 fully saturated rings. The quantitative estimate of drug-likeness (QED) is 0.365. The van der Waals surface area contributed by atoms with Crippen LogP contribution in [0.1, 0.15) is 22.3 Å². The lowest BCUT2D eigenvalue weighted by atomic mass is 10.0. The predicted molar refractivity (Wildman–Crippen MR) is 83.4 cm³/mol. The third-order valence-electron chi connectivity index (χ3n) is 3.58. The molecule has 0 radical (unpaired) electrons. The maximum atomic E-state index is 13.7. The van der Waals surface area contributed by atoms with E-state index in [-0.39, 0.29) is 6.07 Å². The summed E-state index contributed by atoms with van der Waals surface area (Å²) in [5.41, 5.74) is 4.08. The Kier molecular flexibility index (Phi) is 5.12. The van der Waals surface area contributed by atoms with Crippen molar-refractivity contribution in [1.82, 2.24) is 0 Å². The third-order valence-corrected chi connectivity index (χ3v) is 6.21. The Morgan fingerprint density at radius 2 is 1.05 bits per heavy atom. The van der Waals surface area contributed by atoms with Gasteiger partial charge in [0.15, 0.2) is 23.3 Å². The lowest BCUT2D eigenvalue weighted by Gasteiger charge is -2.14. The van der Waals surface area contributed by atoms with Crippen molar-refractivity contribution in [3.05, 3.63) is 57.7 Å². The molecule has 0 nitrogen and oxygen atoms in total. The molecule has 0 N–H and O–H groups in total. The van der Waals surface area contributed by atoms with Gasteiger partial charge in [-0.1, -0.05) is 16.9 Å². The van der Waals surface area contributed by atoms with Crippen molar-refractivity contribution >= 4 is 21.6 Å². The number of rotatable bonds is 3. The summed E-state index contributed by atoms with van der Waals surface area (Å²) in [6, 6.07) is 2.25. The number of aryl methyl sites for hydroxylation is 2. The maximum absolute atomic E-state index is 13.7. The van der Waals surface area contributed by atoms with E-state index in [4.69, 9.17) is 0 Å². The van der Waals surface area contributed by atoms with Crippen LogP contribution in [0.15, 0.2) is 21.9 Å². The molecule has 2 aromatic carbocycles. The molecule has 0 bridgehead atoms. The fraction of sp³-hybridized carbons (Fsp3) is 0.250. The van der Waals surface area contributed by atoms with E-state index in [0.717, 1.165) is 37.9 Å². The summed E-state index contributed by atoms with van der Waals surface area (Å²) in [4.78, 5) is 0.200. The minimum Gasteiger partial charge on any atom is -0.204 e. The van der Waals surface area contributed by atoms with E-state index in [2.05, 4.69) is 0 Å². The second-order valence-corrected chi connectivity index (χ2v) is 7.20. The number of hydrogen-bond acceptors (Lipinski definition) is 2. The molecule has 0 aliphatic carbocycles. The van der Waals surface area contributed by atoms with Crippen molar-refractivity contribution in [2.24, 2.45) is 0 Å². The number of benzene rings is 2. The van der Waals surface area contributed by atoms with Gasteiger partial charge in [-0.05, 0) is 60.7 Å². The molecule has 2 aromatic rings. The standard InChI is InChI=1S/C16H14F4S2/c1-7-5-8(2)10(4)15(9(7)3)21-22-16-13(19)11(17)6-12(18)14(16)20/h5-6H,1-4H3. The number of hydrogen-bond donors (Lipinski definition) is 0. The minimum absolute atomic E-state index is 0.215. The summed E-state index contributed by atoms with van der Waals surface area (Å²) in [6.07, 6.45) is 0. The lowest BCUT2D eigenvalue weighted by molar-refractivity contribution is 0.426. The average molecular weight is 346 g/mol. The predicted octanol–water partition coefficient (Wildman–Crippen LogP) is 6.28. The van der Waals surface area contributed by atoms with Crippen molar-refractivity contribution in [3.63, 3.8) is 0 Å². The van der Waals surface area contributed by atoms with E-state index >= 15 is 0 Å². The van der Waals surface area contributed by atoms with Crippen LogP contribution in [-0.2, 0) is 0 Å². The largest absolute Gasteiger partial charge is 0.204 e. The van der Waals surface area contributed by atoms with Gasteiger partial charge in [-0.25, -0.2) is 17.6 Å². The van der Waals surface area contributed by atoms with Crippen LogP contribution in [0.25, 0.3) is 0 Å². The second-order valence-electron chi connectivity index (χ2n) is 5.05. The van der Waals surface area contributed by atoms with E-state index in [1.165, 1.54) is 0 Å². The van der Waals surface area contributed by atoms with Crippen LogP contribution >= 0.6 is 21.6 Å². The van der Waals surface area contributed by atoms with E-state index in [1.807, 2.05) is 33.8 Å². The first-order valence-electron chi connectivity index (χ1n) is 6.49. The van der Waals surface area contributed by atoms with Crippen molar-refractivity contribution in [1.29, 1.82) is 0 Å². The molecule has 22 heavy (non-hydrogen) atoms. The zero-order chi connectivity index (χ0) is 16.6. The molecular weight excluding hydrogens is 332 g/mol. The lowest BCUT2D eigenvalue weighted by Crippen LogP contribution is -1.97. The zero-order valence-electron chi connectivity index (χ0n) is 12.5. The van der Waals surface area contributed by atoms with Gasteiger partial charge in [-0.3, -0.25) is 0 Å². The van der Waals surface area contributed by atoms with E-state index < -0.39 is 28.2 Å². The van der Waals surface area contributed by atoms with Gasteiger partial charge in [-0.15, -0.1) is 0 Å². The monoisotopic (exact) mass is 346 g/mol. The molecule has 0 aliphatic rings. The first-order chi connectivity index (χ1) is 10.2. The molecule has 0 spiro atoms. The Morgan fingerprint density at radius 1 is 0.636 bits per heavy atom. The molecule has 118 valence electrons. The fourth-order valence-electron chi connectivity index (χ4n) is 2.01. The van der Waals surface area contributed by atoms with Crippen LogP contribution in [0.4, 0.5) is 17.6 Å². The van der Waals surface area contributed by atoms with Crippen LogP contribution in [0.3, 0.4) is 0 Å². The molecule has 0 saturated carbocycles. The van der Waals surface area contributed by atoms with Crippen LogP contribution in [0.5, 0.6) is 0 Å². The second kappa shape index (κ2) is 6.54. The van der Waals surface area contributed by atoms with E-state index in [1.54, 1.807) is 0 Å². The highest BCUT2D eigenvalue weighted by Gasteiger charge is 2.21. The summed E-state index contributed by atoms with van der Waals surface area (Å²) >= 11 is 0. The van der Waals surface area contributed by atoms with E-state index in [0.29, 0.717) is 10.8 Å². The van der Waals surface area contributed by atoms with Crippen LogP contribution in [-0.4, -0.2) is 0 Å². The van der Waals surface area contributed by atoms with Gasteiger partial charge in [0, 0.05) is 11.0 Å². The summed E-state index contributed by atoms with van der Waals surface area (Å²) in [5.74, 6) is -5.51. The van der Waals surface area contributed by atoms with Gasteiger partial charge in [0.1, 0.15) is 0 Å². The Labute approximate surface area is 134 Å². The summed E-state index contributed by atoms with van der Waals surface area (Å²) in [6.45, 7) is 7.70. The SMILES string of the molecule is Cc1cc(C)c(C)c(SSc2c(F)c(F)cc(F)c2F)c1C. The van der Waals surface area contributed by atoms with Crippen LogP contribution in [0, 0.1) is 51.0 Å². The maximum Gasteiger partial charge on any atom is 0.176 e. The fourth-order valence-corrected chi connectivity index (χ4v) is 4.78. The first-order valence-corrected chi connectivity index (χ1v) is 8.64. The highest BCUT2D eigenvalue weighted by atomic mass is 33.1. The average Bonchev–Trinajstić information content (AvgIpc) is 2.46. The highest BCUT2D eigenvalue weighted by molar-refractivity contribution is 8.76. The normalized spacial score (nSPS) is 11.1. The summed E-state index contributed by atoms with van der Waals surface area (Å²) in [5, 5.41) is 0. The number of halogens is 4. The topological polar surface area (TPSA) is 0 Å². The molecule has 0 atom stereocenters. The molecule has 0 amide bonds.